The Hall–Kier alpha value is -1.71. The minimum absolute atomic E-state index is 0.107. The number of halogens is 2. The Bertz CT molecular complexity index is 676. The molecular weight excluding hydrogens is 319 g/mol. The highest BCUT2D eigenvalue weighted by Crippen LogP contribution is 2.32. The van der Waals surface area contributed by atoms with Crippen LogP contribution in [0.1, 0.15) is 24.4 Å². The standard InChI is InChI=1S/C17H16Cl2N2O/c18-14-9-8-13(11-15(14)19)20-17(22)21-10-4-7-16(21)12-5-2-1-3-6-12/h1-3,5-6,8-9,11,16H,4,7,10H2,(H,20,22). The van der Waals surface area contributed by atoms with Crippen LogP contribution in [0.4, 0.5) is 10.5 Å². The summed E-state index contributed by atoms with van der Waals surface area (Å²) in [6.45, 7) is 0.757. The molecule has 0 aliphatic carbocycles. The normalized spacial score (nSPS) is 17.5. The molecule has 3 nitrogen and oxygen atoms in total. The lowest BCUT2D eigenvalue weighted by Gasteiger charge is -2.25. The highest BCUT2D eigenvalue weighted by atomic mass is 35.5. The summed E-state index contributed by atoms with van der Waals surface area (Å²) in [6, 6.07) is 15.2. The largest absolute Gasteiger partial charge is 0.322 e. The Morgan fingerprint density at radius 1 is 1.09 bits per heavy atom. The molecule has 3 rings (SSSR count). The molecule has 1 aliphatic heterocycles. The van der Waals surface area contributed by atoms with E-state index in [2.05, 4.69) is 17.4 Å². The zero-order valence-electron chi connectivity index (χ0n) is 11.9. The molecular formula is C17H16Cl2N2O. The number of hydrogen-bond donors (Lipinski definition) is 1. The van der Waals surface area contributed by atoms with E-state index in [-0.39, 0.29) is 12.1 Å². The molecule has 0 bridgehead atoms. The zero-order chi connectivity index (χ0) is 15.5. The summed E-state index contributed by atoms with van der Waals surface area (Å²) in [7, 11) is 0. The van der Waals surface area contributed by atoms with Gasteiger partial charge in [-0.3, -0.25) is 0 Å². The van der Waals surface area contributed by atoms with E-state index in [0.717, 1.165) is 19.4 Å². The lowest BCUT2D eigenvalue weighted by atomic mass is 10.1. The number of carbonyl (C=O) groups excluding carboxylic acids is 1. The third-order valence-corrected chi connectivity index (χ3v) is 4.61. The number of nitrogens with zero attached hydrogens (tertiary/aromatic N) is 1. The van der Waals surface area contributed by atoms with Crippen molar-refractivity contribution in [3.05, 3.63) is 64.1 Å². The molecule has 1 saturated heterocycles. The molecule has 0 radical (unpaired) electrons. The van der Waals surface area contributed by atoms with Crippen LogP contribution in [0.2, 0.25) is 10.0 Å². The molecule has 1 heterocycles. The van der Waals surface area contributed by atoms with Gasteiger partial charge in [0.1, 0.15) is 0 Å². The first-order chi connectivity index (χ1) is 10.6. The van der Waals surface area contributed by atoms with E-state index in [1.165, 1.54) is 5.56 Å². The molecule has 5 heteroatoms. The monoisotopic (exact) mass is 334 g/mol. The van der Waals surface area contributed by atoms with Crippen LogP contribution in [-0.4, -0.2) is 17.5 Å². The van der Waals surface area contributed by atoms with Gasteiger partial charge in [0.2, 0.25) is 0 Å². The molecule has 1 aliphatic rings. The van der Waals surface area contributed by atoms with Crippen molar-refractivity contribution in [1.29, 1.82) is 0 Å². The first kappa shape index (κ1) is 15.2. The summed E-state index contributed by atoms with van der Waals surface area (Å²) < 4.78 is 0. The molecule has 1 atom stereocenters. The van der Waals surface area contributed by atoms with Crippen molar-refractivity contribution in [3.63, 3.8) is 0 Å². The maximum atomic E-state index is 12.5. The molecule has 2 aromatic rings. The quantitative estimate of drug-likeness (QED) is 0.787. The maximum Gasteiger partial charge on any atom is 0.322 e. The predicted octanol–water partition coefficient (Wildman–Crippen LogP) is 5.36. The van der Waals surface area contributed by atoms with Gasteiger partial charge < -0.3 is 10.2 Å². The zero-order valence-corrected chi connectivity index (χ0v) is 13.4. The van der Waals surface area contributed by atoms with Gasteiger partial charge in [0.25, 0.3) is 0 Å². The average Bonchev–Trinajstić information content (AvgIpc) is 3.01. The maximum absolute atomic E-state index is 12.5. The number of rotatable bonds is 2. The molecule has 0 saturated carbocycles. The number of likely N-dealkylation sites (tertiary alicyclic amines) is 1. The van der Waals surface area contributed by atoms with Gasteiger partial charge in [0.15, 0.2) is 0 Å². The van der Waals surface area contributed by atoms with Gasteiger partial charge in [-0.25, -0.2) is 4.79 Å². The number of hydrogen-bond acceptors (Lipinski definition) is 1. The molecule has 1 unspecified atom stereocenters. The second-order valence-corrected chi connectivity index (χ2v) is 6.14. The van der Waals surface area contributed by atoms with E-state index in [1.807, 2.05) is 23.1 Å². The summed E-state index contributed by atoms with van der Waals surface area (Å²) in [5.74, 6) is 0. The summed E-state index contributed by atoms with van der Waals surface area (Å²) in [5, 5.41) is 3.80. The number of nitrogens with one attached hydrogen (secondary N) is 1. The van der Waals surface area contributed by atoms with Gasteiger partial charge in [0.05, 0.1) is 16.1 Å². The molecule has 2 aromatic carbocycles. The number of carbonyl (C=O) groups is 1. The Kier molecular flexibility index (Phi) is 4.55. The third kappa shape index (κ3) is 3.21. The van der Waals surface area contributed by atoms with Crippen LogP contribution in [0.3, 0.4) is 0 Å². The number of amides is 2. The van der Waals surface area contributed by atoms with Gasteiger partial charge in [-0.1, -0.05) is 53.5 Å². The van der Waals surface area contributed by atoms with Crippen molar-refractivity contribution in [2.24, 2.45) is 0 Å². The van der Waals surface area contributed by atoms with Crippen LogP contribution in [0.25, 0.3) is 0 Å². The first-order valence-electron chi connectivity index (χ1n) is 7.23. The van der Waals surface area contributed by atoms with Crippen LogP contribution in [-0.2, 0) is 0 Å². The fourth-order valence-electron chi connectivity index (χ4n) is 2.80. The molecule has 2 amide bonds. The number of urea groups is 1. The molecule has 22 heavy (non-hydrogen) atoms. The first-order valence-corrected chi connectivity index (χ1v) is 7.98. The molecule has 1 fully saturated rings. The third-order valence-electron chi connectivity index (χ3n) is 3.87. The minimum Gasteiger partial charge on any atom is -0.317 e. The van der Waals surface area contributed by atoms with Gasteiger partial charge >= 0.3 is 6.03 Å². The van der Waals surface area contributed by atoms with Crippen molar-refractivity contribution < 1.29 is 4.79 Å². The van der Waals surface area contributed by atoms with Crippen molar-refractivity contribution in [2.45, 2.75) is 18.9 Å². The fourth-order valence-corrected chi connectivity index (χ4v) is 3.10. The van der Waals surface area contributed by atoms with Crippen LogP contribution in [0.5, 0.6) is 0 Å². The summed E-state index contributed by atoms with van der Waals surface area (Å²) in [4.78, 5) is 14.4. The lowest BCUT2D eigenvalue weighted by molar-refractivity contribution is 0.207. The highest BCUT2D eigenvalue weighted by Gasteiger charge is 2.29. The second-order valence-electron chi connectivity index (χ2n) is 5.32. The van der Waals surface area contributed by atoms with Crippen molar-refractivity contribution >= 4 is 34.9 Å². The van der Waals surface area contributed by atoms with Gasteiger partial charge in [0, 0.05) is 12.2 Å². The predicted molar refractivity (Wildman–Crippen MR) is 90.6 cm³/mol. The van der Waals surface area contributed by atoms with E-state index in [4.69, 9.17) is 23.2 Å². The van der Waals surface area contributed by atoms with Crippen LogP contribution < -0.4 is 5.32 Å². The topological polar surface area (TPSA) is 32.3 Å². The van der Waals surface area contributed by atoms with Crippen LogP contribution in [0.15, 0.2) is 48.5 Å². The lowest BCUT2D eigenvalue weighted by Crippen LogP contribution is -2.34. The molecule has 0 aromatic heterocycles. The van der Waals surface area contributed by atoms with Gasteiger partial charge in [-0.05, 0) is 36.6 Å². The van der Waals surface area contributed by atoms with E-state index in [1.54, 1.807) is 18.2 Å². The molecule has 114 valence electrons. The van der Waals surface area contributed by atoms with Gasteiger partial charge in [-0.15, -0.1) is 0 Å². The molecule has 1 N–H and O–H groups in total. The van der Waals surface area contributed by atoms with Gasteiger partial charge in [-0.2, -0.15) is 0 Å². The van der Waals surface area contributed by atoms with E-state index < -0.39 is 0 Å². The Balaban J connectivity index is 1.75. The minimum atomic E-state index is -0.107. The van der Waals surface area contributed by atoms with E-state index in [9.17, 15) is 4.79 Å². The van der Waals surface area contributed by atoms with Crippen molar-refractivity contribution in [3.8, 4) is 0 Å². The van der Waals surface area contributed by atoms with Crippen molar-refractivity contribution in [1.82, 2.24) is 4.90 Å². The van der Waals surface area contributed by atoms with E-state index in [0.29, 0.717) is 15.7 Å². The number of benzene rings is 2. The Morgan fingerprint density at radius 2 is 1.86 bits per heavy atom. The van der Waals surface area contributed by atoms with Crippen LogP contribution in [0, 0.1) is 0 Å². The SMILES string of the molecule is O=C(Nc1ccc(Cl)c(Cl)c1)N1CCCC1c1ccccc1. The smallest absolute Gasteiger partial charge is 0.317 e. The van der Waals surface area contributed by atoms with Crippen molar-refractivity contribution in [2.75, 3.05) is 11.9 Å². The Morgan fingerprint density at radius 3 is 2.59 bits per heavy atom. The average molecular weight is 335 g/mol. The van der Waals surface area contributed by atoms with E-state index >= 15 is 0 Å². The summed E-state index contributed by atoms with van der Waals surface area (Å²) >= 11 is 11.9. The summed E-state index contributed by atoms with van der Waals surface area (Å²) in [6.07, 6.45) is 1.99. The summed E-state index contributed by atoms with van der Waals surface area (Å²) in [5.41, 5.74) is 1.82. The van der Waals surface area contributed by atoms with Crippen LogP contribution >= 0.6 is 23.2 Å². The molecule has 0 spiro atoms. The Labute approximate surface area is 139 Å². The highest BCUT2D eigenvalue weighted by molar-refractivity contribution is 6.42. The second kappa shape index (κ2) is 6.59. The fraction of sp³-hybridized carbons (Fsp3) is 0.235. The number of anilines is 1.